The minimum absolute atomic E-state index is 0.0763. The highest BCUT2D eigenvalue weighted by atomic mass is 19.4. The number of ether oxygens (including phenoxy) is 1. The van der Waals surface area contributed by atoms with Crippen LogP contribution in [0, 0.1) is 10.1 Å². The molecule has 0 saturated carbocycles. The number of nitrogens with zero attached hydrogens (tertiary/aromatic N) is 5. The predicted octanol–water partition coefficient (Wildman–Crippen LogP) is 2.27. The Kier molecular flexibility index (Phi) is 5.99. The van der Waals surface area contributed by atoms with Gasteiger partial charge < -0.3 is 10.1 Å². The van der Waals surface area contributed by atoms with Crippen molar-refractivity contribution in [2.45, 2.75) is 51.4 Å². The van der Waals surface area contributed by atoms with Crippen molar-refractivity contribution in [1.82, 2.24) is 24.9 Å². The number of carbonyl (C=O) groups is 1. The van der Waals surface area contributed by atoms with Gasteiger partial charge in [-0.15, -0.1) is 5.10 Å². The van der Waals surface area contributed by atoms with Crippen LogP contribution in [0.2, 0.25) is 0 Å². The van der Waals surface area contributed by atoms with Crippen molar-refractivity contribution >= 4 is 11.6 Å². The number of halogens is 3. The number of amides is 1. The number of methoxy groups -OCH3 is 1. The van der Waals surface area contributed by atoms with Gasteiger partial charge in [0.1, 0.15) is 12.2 Å². The van der Waals surface area contributed by atoms with E-state index in [9.17, 15) is 28.1 Å². The van der Waals surface area contributed by atoms with Gasteiger partial charge in [0.25, 0.3) is 0 Å². The fraction of sp³-hybridized carbons (Fsp3) is 0.588. The van der Waals surface area contributed by atoms with Gasteiger partial charge >= 0.3 is 17.7 Å². The number of nitro groups is 1. The minimum Gasteiger partial charge on any atom is -0.475 e. The van der Waals surface area contributed by atoms with Gasteiger partial charge in [0.05, 0.1) is 18.6 Å². The minimum atomic E-state index is -4.57. The van der Waals surface area contributed by atoms with Crippen LogP contribution in [0.25, 0.3) is 0 Å². The molecule has 30 heavy (non-hydrogen) atoms. The van der Waals surface area contributed by atoms with Crippen LogP contribution in [-0.4, -0.2) is 44.0 Å². The van der Waals surface area contributed by atoms with E-state index in [1.54, 1.807) is 6.92 Å². The summed E-state index contributed by atoms with van der Waals surface area (Å²) in [4.78, 5) is 22.9. The molecule has 0 bridgehead atoms. The molecule has 1 aliphatic rings. The highest BCUT2D eigenvalue weighted by Crippen LogP contribution is 2.37. The van der Waals surface area contributed by atoms with Gasteiger partial charge in [0.2, 0.25) is 5.91 Å². The van der Waals surface area contributed by atoms with Crippen molar-refractivity contribution in [2.24, 2.45) is 0 Å². The molecule has 1 aliphatic carbocycles. The zero-order valence-corrected chi connectivity index (χ0v) is 16.4. The van der Waals surface area contributed by atoms with E-state index in [0.717, 1.165) is 0 Å². The van der Waals surface area contributed by atoms with E-state index in [2.05, 4.69) is 15.5 Å². The van der Waals surface area contributed by atoms with Crippen molar-refractivity contribution in [2.75, 3.05) is 13.7 Å². The average Bonchev–Trinajstić information content (AvgIpc) is 3.37. The molecule has 164 valence electrons. The highest BCUT2D eigenvalue weighted by molar-refractivity contribution is 5.80. The molecule has 10 nitrogen and oxygen atoms in total. The molecule has 2 aromatic heterocycles. The van der Waals surface area contributed by atoms with Gasteiger partial charge in [-0.1, -0.05) is 6.92 Å². The lowest BCUT2D eigenvalue weighted by Crippen LogP contribution is -2.35. The quantitative estimate of drug-likeness (QED) is 0.507. The predicted molar refractivity (Wildman–Crippen MR) is 97.0 cm³/mol. The molecule has 2 aromatic rings. The number of alkyl halides is 3. The second-order valence-electron chi connectivity index (χ2n) is 6.83. The Morgan fingerprint density at radius 3 is 2.70 bits per heavy atom. The largest absolute Gasteiger partial charge is 0.475 e. The summed E-state index contributed by atoms with van der Waals surface area (Å²) >= 11 is 0. The van der Waals surface area contributed by atoms with Crippen molar-refractivity contribution in [3.8, 4) is 5.88 Å². The summed E-state index contributed by atoms with van der Waals surface area (Å²) in [5, 5.41) is 21.2. The SMILES string of the molecule is CCC(C(=O)NCCn1cc([N+](=O)[O-])c(OC)n1)n1nc(C(F)(F)F)c2c1CCC2. The molecule has 1 atom stereocenters. The van der Waals surface area contributed by atoms with Gasteiger partial charge in [0, 0.05) is 17.8 Å². The first kappa shape index (κ1) is 21.6. The number of fused-ring (bicyclic) bond motifs is 1. The van der Waals surface area contributed by atoms with Crippen LogP contribution in [0.1, 0.15) is 42.8 Å². The Morgan fingerprint density at radius 1 is 1.40 bits per heavy atom. The second kappa shape index (κ2) is 8.32. The average molecular weight is 430 g/mol. The molecule has 0 aliphatic heterocycles. The normalized spacial score (nSPS) is 14.4. The molecule has 3 rings (SSSR count). The molecule has 13 heteroatoms. The Morgan fingerprint density at radius 2 is 2.13 bits per heavy atom. The fourth-order valence-electron chi connectivity index (χ4n) is 3.61. The maximum absolute atomic E-state index is 13.3. The van der Waals surface area contributed by atoms with Crippen LogP contribution in [0.4, 0.5) is 18.9 Å². The van der Waals surface area contributed by atoms with E-state index in [1.165, 1.54) is 22.7 Å². The van der Waals surface area contributed by atoms with Crippen LogP contribution >= 0.6 is 0 Å². The van der Waals surface area contributed by atoms with Crippen LogP contribution in [-0.2, 0) is 30.4 Å². The Balaban J connectivity index is 1.70. The monoisotopic (exact) mass is 430 g/mol. The molecular weight excluding hydrogens is 409 g/mol. The lowest BCUT2D eigenvalue weighted by molar-refractivity contribution is -0.385. The smallest absolute Gasteiger partial charge is 0.435 e. The maximum Gasteiger partial charge on any atom is 0.435 e. The molecule has 0 saturated heterocycles. The van der Waals surface area contributed by atoms with Crippen molar-refractivity contribution in [3.63, 3.8) is 0 Å². The molecule has 1 amide bonds. The van der Waals surface area contributed by atoms with Gasteiger partial charge in [-0.25, -0.2) is 0 Å². The third-order valence-electron chi connectivity index (χ3n) is 4.95. The van der Waals surface area contributed by atoms with Crippen LogP contribution in [0.5, 0.6) is 5.88 Å². The van der Waals surface area contributed by atoms with Gasteiger partial charge in [0.15, 0.2) is 5.69 Å². The van der Waals surface area contributed by atoms with Crippen molar-refractivity contribution in [1.29, 1.82) is 0 Å². The number of hydrogen-bond donors (Lipinski definition) is 1. The van der Waals surface area contributed by atoms with E-state index in [0.29, 0.717) is 25.0 Å². The third-order valence-corrected chi connectivity index (χ3v) is 4.95. The van der Waals surface area contributed by atoms with Crippen molar-refractivity contribution in [3.05, 3.63) is 33.3 Å². The van der Waals surface area contributed by atoms with E-state index >= 15 is 0 Å². The van der Waals surface area contributed by atoms with Gasteiger partial charge in [-0.05, 0) is 25.7 Å². The van der Waals surface area contributed by atoms with Gasteiger partial charge in [-0.3, -0.25) is 24.3 Å². The summed E-state index contributed by atoms with van der Waals surface area (Å²) < 4.78 is 47.2. The summed E-state index contributed by atoms with van der Waals surface area (Å²) in [6.07, 6.45) is -1.80. The topological polar surface area (TPSA) is 117 Å². The first-order valence-corrected chi connectivity index (χ1v) is 9.38. The summed E-state index contributed by atoms with van der Waals surface area (Å²) in [5.41, 5.74) is -0.597. The van der Waals surface area contributed by atoms with Crippen molar-refractivity contribution < 1.29 is 27.6 Å². The fourth-order valence-corrected chi connectivity index (χ4v) is 3.61. The molecule has 0 fully saturated rings. The summed E-state index contributed by atoms with van der Waals surface area (Å²) in [6, 6.07) is -0.880. The molecule has 2 heterocycles. The summed E-state index contributed by atoms with van der Waals surface area (Å²) in [7, 11) is 1.25. The standard InChI is InChI=1S/C17H21F3N6O4/c1-3-11(25-12-6-4-5-10(12)14(22-25)17(18,19)20)15(27)21-7-8-24-9-13(26(28)29)16(23-24)30-2/h9,11H,3-8H2,1-2H3,(H,21,27). The molecular formula is C17H21F3N6O4. The number of aromatic nitrogens is 4. The van der Waals surface area contributed by atoms with E-state index in [1.807, 2.05) is 0 Å². The maximum atomic E-state index is 13.3. The van der Waals surface area contributed by atoms with Crippen LogP contribution in [0.3, 0.4) is 0 Å². The first-order valence-electron chi connectivity index (χ1n) is 9.38. The summed E-state index contributed by atoms with van der Waals surface area (Å²) in [5.74, 6) is -0.624. The number of carbonyl (C=O) groups excluding carboxylic acids is 1. The van der Waals surface area contributed by atoms with E-state index < -0.39 is 28.7 Å². The summed E-state index contributed by atoms with van der Waals surface area (Å²) in [6.45, 7) is 1.90. The van der Waals surface area contributed by atoms with Gasteiger partial charge in [-0.2, -0.15) is 18.3 Å². The second-order valence-corrected chi connectivity index (χ2v) is 6.83. The van der Waals surface area contributed by atoms with Crippen LogP contribution in [0.15, 0.2) is 6.20 Å². The molecule has 1 unspecified atom stereocenters. The Hall–Kier alpha value is -3.12. The van der Waals surface area contributed by atoms with E-state index in [4.69, 9.17) is 4.74 Å². The lowest BCUT2D eigenvalue weighted by atomic mass is 10.1. The number of hydrogen-bond acceptors (Lipinski definition) is 6. The number of nitrogens with one attached hydrogen (secondary N) is 1. The Labute approximate surface area is 169 Å². The van der Waals surface area contributed by atoms with Crippen LogP contribution < -0.4 is 10.1 Å². The zero-order chi connectivity index (χ0) is 22.1. The Bertz CT molecular complexity index is 952. The molecule has 0 radical (unpaired) electrons. The molecule has 0 spiro atoms. The van der Waals surface area contributed by atoms with E-state index in [-0.39, 0.29) is 36.6 Å². The molecule has 1 N–H and O–H groups in total. The number of rotatable bonds is 8. The highest BCUT2D eigenvalue weighted by Gasteiger charge is 2.41. The third kappa shape index (κ3) is 4.09. The lowest BCUT2D eigenvalue weighted by Gasteiger charge is -2.18. The zero-order valence-electron chi connectivity index (χ0n) is 16.4. The first-order chi connectivity index (χ1) is 14.2. The molecule has 0 aromatic carbocycles.